The third-order valence-electron chi connectivity index (χ3n) is 7.58. The quantitative estimate of drug-likeness (QED) is 0.245. The molecule has 6 rings (SSSR count). The molecule has 0 aliphatic carbocycles. The van der Waals surface area contributed by atoms with Crippen LogP contribution in [0, 0.1) is 5.82 Å². The van der Waals surface area contributed by atoms with E-state index in [4.69, 9.17) is 21.3 Å². The van der Waals surface area contributed by atoms with Crippen molar-refractivity contribution in [1.82, 2.24) is 20.6 Å². The molecule has 0 amide bonds. The molecule has 3 heterocycles. The molecule has 1 aromatic heterocycles. The summed E-state index contributed by atoms with van der Waals surface area (Å²) >= 11 is 6.81. The minimum atomic E-state index is -0.554. The van der Waals surface area contributed by atoms with Gasteiger partial charge >= 0.3 is 6.01 Å². The highest BCUT2D eigenvalue weighted by atomic mass is 35.5. The normalized spacial score (nSPS) is 18.9. The standard InChI is InChI=1S/C30H33ClFN5O2/c1-17(2)33-10-5-11-39-30-35-28-24(29(36-30)37-15-19-8-9-20(16-37)34-19)14-25(31)26(27(28)32)23-13-21(38)12-18-6-3-4-7-22(18)23/h3-4,6-7,12-14,17,19-20,33-34,38H,5,8-11,15-16H2,1-2H3. The van der Waals surface area contributed by atoms with Gasteiger partial charge < -0.3 is 25.4 Å². The fourth-order valence-corrected chi connectivity index (χ4v) is 6.10. The summed E-state index contributed by atoms with van der Waals surface area (Å²) in [6.07, 6.45) is 3.00. The summed E-state index contributed by atoms with van der Waals surface area (Å²) in [7, 11) is 0. The van der Waals surface area contributed by atoms with Gasteiger partial charge in [-0.05, 0) is 60.3 Å². The lowest BCUT2D eigenvalue weighted by Gasteiger charge is -2.34. The van der Waals surface area contributed by atoms with Gasteiger partial charge in [-0.25, -0.2) is 4.39 Å². The number of piperazine rings is 1. The van der Waals surface area contributed by atoms with Gasteiger partial charge in [0.1, 0.15) is 17.1 Å². The van der Waals surface area contributed by atoms with Gasteiger partial charge in [0.05, 0.1) is 11.6 Å². The number of nitrogens with zero attached hydrogens (tertiary/aromatic N) is 3. The van der Waals surface area contributed by atoms with Crippen LogP contribution in [0.5, 0.6) is 11.8 Å². The number of hydrogen-bond donors (Lipinski definition) is 3. The molecule has 3 N–H and O–H groups in total. The first-order valence-electron chi connectivity index (χ1n) is 13.7. The van der Waals surface area contributed by atoms with Gasteiger partial charge in [-0.15, -0.1) is 0 Å². The average molecular weight is 550 g/mol. The molecule has 2 atom stereocenters. The molecule has 0 radical (unpaired) electrons. The Hall–Kier alpha value is -3.20. The van der Waals surface area contributed by atoms with Crippen molar-refractivity contribution in [2.45, 2.75) is 51.2 Å². The highest BCUT2D eigenvalue weighted by Crippen LogP contribution is 2.42. The maximum Gasteiger partial charge on any atom is 0.319 e. The number of hydrogen-bond acceptors (Lipinski definition) is 7. The van der Waals surface area contributed by atoms with E-state index >= 15 is 4.39 Å². The number of ether oxygens (including phenoxy) is 1. The first-order valence-corrected chi connectivity index (χ1v) is 14.0. The molecule has 204 valence electrons. The predicted molar refractivity (Wildman–Crippen MR) is 155 cm³/mol. The summed E-state index contributed by atoms with van der Waals surface area (Å²) in [4.78, 5) is 11.5. The van der Waals surface area contributed by atoms with Crippen molar-refractivity contribution in [2.24, 2.45) is 0 Å². The fraction of sp³-hybridized carbons (Fsp3) is 0.400. The number of aromatic nitrogens is 2. The highest BCUT2D eigenvalue weighted by Gasteiger charge is 2.34. The number of phenolic OH excluding ortho intramolecular Hbond substituents is 1. The first-order chi connectivity index (χ1) is 18.9. The van der Waals surface area contributed by atoms with E-state index in [0.29, 0.717) is 41.5 Å². The van der Waals surface area contributed by atoms with E-state index in [1.165, 1.54) is 0 Å². The van der Waals surface area contributed by atoms with Crippen LogP contribution in [-0.2, 0) is 0 Å². The van der Waals surface area contributed by atoms with Crippen molar-refractivity contribution in [3.8, 4) is 22.9 Å². The van der Waals surface area contributed by atoms with Gasteiger partial charge in [0.25, 0.3) is 0 Å². The molecule has 2 fully saturated rings. The second-order valence-corrected chi connectivity index (χ2v) is 11.2. The number of benzene rings is 3. The van der Waals surface area contributed by atoms with E-state index in [1.54, 1.807) is 18.2 Å². The number of rotatable bonds is 8. The summed E-state index contributed by atoms with van der Waals surface area (Å²) < 4.78 is 22.5. The van der Waals surface area contributed by atoms with Crippen LogP contribution in [0.4, 0.5) is 10.2 Å². The molecule has 2 bridgehead atoms. The number of aromatic hydroxyl groups is 1. The van der Waals surface area contributed by atoms with Gasteiger partial charge in [0, 0.05) is 42.2 Å². The summed E-state index contributed by atoms with van der Waals surface area (Å²) in [5.74, 6) is 0.126. The second-order valence-electron chi connectivity index (χ2n) is 10.8. The Kier molecular flexibility index (Phi) is 7.18. The van der Waals surface area contributed by atoms with Crippen LogP contribution in [0.25, 0.3) is 32.8 Å². The molecule has 2 aliphatic rings. The van der Waals surface area contributed by atoms with Gasteiger partial charge in [0.2, 0.25) is 0 Å². The topological polar surface area (TPSA) is 82.5 Å². The van der Waals surface area contributed by atoms with E-state index in [-0.39, 0.29) is 27.9 Å². The molecule has 2 aliphatic heterocycles. The van der Waals surface area contributed by atoms with Crippen molar-refractivity contribution in [1.29, 1.82) is 0 Å². The summed E-state index contributed by atoms with van der Waals surface area (Å²) in [6, 6.07) is 13.8. The van der Waals surface area contributed by atoms with Crippen molar-refractivity contribution in [2.75, 3.05) is 31.1 Å². The van der Waals surface area contributed by atoms with Crippen molar-refractivity contribution < 1.29 is 14.2 Å². The van der Waals surface area contributed by atoms with Crippen LogP contribution in [0.2, 0.25) is 5.02 Å². The van der Waals surface area contributed by atoms with Crippen LogP contribution in [0.3, 0.4) is 0 Å². The molecule has 0 saturated carbocycles. The second kappa shape index (κ2) is 10.8. The maximum absolute atomic E-state index is 16.5. The Morgan fingerprint density at radius 3 is 2.67 bits per heavy atom. The Bertz CT molecular complexity index is 1520. The van der Waals surface area contributed by atoms with E-state index in [2.05, 4.69) is 34.4 Å². The SMILES string of the molecule is CC(C)NCCCOc1nc(N2CC3CCC(C2)N3)c2cc(Cl)c(-c3cc(O)cc4ccccc34)c(F)c2n1. The Morgan fingerprint density at radius 2 is 1.90 bits per heavy atom. The molecular formula is C30H33ClFN5O2. The predicted octanol–water partition coefficient (Wildman–Crippen LogP) is 5.66. The lowest BCUT2D eigenvalue weighted by atomic mass is 9.96. The van der Waals surface area contributed by atoms with Gasteiger partial charge in [-0.1, -0.05) is 49.7 Å². The van der Waals surface area contributed by atoms with Crippen molar-refractivity contribution in [3.63, 3.8) is 0 Å². The molecule has 2 saturated heterocycles. The Morgan fingerprint density at radius 1 is 1.13 bits per heavy atom. The van der Waals surface area contributed by atoms with Gasteiger partial charge in [0.15, 0.2) is 5.82 Å². The number of halogens is 2. The molecule has 4 aromatic rings. The number of phenols is 1. The zero-order valence-corrected chi connectivity index (χ0v) is 22.9. The number of fused-ring (bicyclic) bond motifs is 4. The largest absolute Gasteiger partial charge is 0.508 e. The van der Waals surface area contributed by atoms with Crippen molar-refractivity contribution in [3.05, 3.63) is 53.3 Å². The molecule has 0 spiro atoms. The van der Waals surface area contributed by atoms with E-state index in [0.717, 1.165) is 49.7 Å². The molecule has 3 aromatic carbocycles. The minimum Gasteiger partial charge on any atom is -0.508 e. The third kappa shape index (κ3) is 5.21. The molecular weight excluding hydrogens is 517 g/mol. The maximum atomic E-state index is 16.5. The summed E-state index contributed by atoms with van der Waals surface area (Å²) in [5, 5.41) is 19.8. The Labute approximate surface area is 232 Å². The smallest absolute Gasteiger partial charge is 0.319 e. The zero-order chi connectivity index (χ0) is 27.1. The monoisotopic (exact) mass is 549 g/mol. The molecule has 2 unspecified atom stereocenters. The van der Waals surface area contributed by atoms with E-state index in [9.17, 15) is 5.11 Å². The zero-order valence-electron chi connectivity index (χ0n) is 22.2. The van der Waals surface area contributed by atoms with Crippen LogP contribution in [-0.4, -0.2) is 59.4 Å². The molecule has 9 heteroatoms. The first kappa shape index (κ1) is 26.0. The molecule has 7 nitrogen and oxygen atoms in total. The summed E-state index contributed by atoms with van der Waals surface area (Å²) in [6.45, 7) is 6.97. The third-order valence-corrected chi connectivity index (χ3v) is 7.88. The van der Waals surface area contributed by atoms with Crippen LogP contribution in [0.1, 0.15) is 33.1 Å². The van der Waals surface area contributed by atoms with Gasteiger partial charge in [-0.3, -0.25) is 0 Å². The average Bonchev–Trinajstić information content (AvgIpc) is 3.25. The minimum absolute atomic E-state index is 0.0398. The lowest BCUT2D eigenvalue weighted by Crippen LogP contribution is -2.51. The summed E-state index contributed by atoms with van der Waals surface area (Å²) in [5.41, 5.74) is 0.874. The number of nitrogens with one attached hydrogen (secondary N) is 2. The van der Waals surface area contributed by atoms with E-state index in [1.807, 2.05) is 24.3 Å². The number of anilines is 1. The molecule has 39 heavy (non-hydrogen) atoms. The van der Waals surface area contributed by atoms with E-state index < -0.39 is 5.82 Å². The van der Waals surface area contributed by atoms with Crippen LogP contribution in [0.15, 0.2) is 42.5 Å². The van der Waals surface area contributed by atoms with Crippen LogP contribution >= 0.6 is 11.6 Å². The van der Waals surface area contributed by atoms with Crippen LogP contribution < -0.4 is 20.3 Å². The Balaban J connectivity index is 1.46. The lowest BCUT2D eigenvalue weighted by molar-refractivity contribution is 0.284. The highest BCUT2D eigenvalue weighted by molar-refractivity contribution is 6.35. The van der Waals surface area contributed by atoms with Crippen molar-refractivity contribution >= 4 is 39.1 Å². The van der Waals surface area contributed by atoms with Gasteiger partial charge in [-0.2, -0.15) is 9.97 Å². The fourth-order valence-electron chi connectivity index (χ4n) is 5.81.